The van der Waals surface area contributed by atoms with Crippen molar-refractivity contribution in [2.45, 2.75) is 84.0 Å². The molecule has 2 heterocycles. The minimum absolute atomic E-state index is 0.0437. The molecular weight excluding hydrogens is 290 g/mol. The number of morpholine rings is 1. The van der Waals surface area contributed by atoms with Crippen molar-refractivity contribution >= 4 is 6.03 Å². The van der Waals surface area contributed by atoms with Crippen LogP contribution in [0, 0.1) is 5.92 Å². The lowest BCUT2D eigenvalue weighted by atomic mass is 9.79. The predicted molar refractivity (Wildman–Crippen MR) is 93.6 cm³/mol. The Labute approximate surface area is 141 Å². The van der Waals surface area contributed by atoms with E-state index in [1.54, 1.807) is 0 Å². The maximum absolute atomic E-state index is 12.8. The molecule has 23 heavy (non-hydrogen) atoms. The standard InChI is InChI=1S/C18H35N3O2/c1-13(2)9-15-12-23-8-7-21(15)16(22)19-14-10-17(3,4)20-18(5,6)11-14/h13-15,20H,7-12H2,1-6H3,(H,19,22). The van der Waals surface area contributed by atoms with E-state index in [1.165, 1.54) is 0 Å². The van der Waals surface area contributed by atoms with Gasteiger partial charge in [-0.3, -0.25) is 0 Å². The van der Waals surface area contributed by atoms with E-state index < -0.39 is 0 Å². The second-order valence-electron chi connectivity index (χ2n) is 9.00. The number of hydrogen-bond donors (Lipinski definition) is 2. The van der Waals surface area contributed by atoms with Crippen molar-refractivity contribution in [3.05, 3.63) is 0 Å². The summed E-state index contributed by atoms with van der Waals surface area (Å²) in [6.45, 7) is 15.2. The number of urea groups is 1. The molecule has 2 aliphatic heterocycles. The molecule has 1 atom stereocenters. The smallest absolute Gasteiger partial charge is 0.318 e. The summed E-state index contributed by atoms with van der Waals surface area (Å²) in [5, 5.41) is 6.96. The molecule has 0 saturated carbocycles. The van der Waals surface area contributed by atoms with Crippen molar-refractivity contribution in [1.82, 2.24) is 15.5 Å². The molecule has 0 radical (unpaired) electrons. The topological polar surface area (TPSA) is 53.6 Å². The molecule has 0 aromatic rings. The van der Waals surface area contributed by atoms with E-state index in [0.29, 0.717) is 25.7 Å². The third-order valence-corrected chi connectivity index (χ3v) is 4.75. The van der Waals surface area contributed by atoms with Gasteiger partial charge in [-0.25, -0.2) is 4.79 Å². The molecule has 2 saturated heterocycles. The highest BCUT2D eigenvalue weighted by Gasteiger charge is 2.39. The van der Waals surface area contributed by atoms with Crippen LogP contribution < -0.4 is 10.6 Å². The molecule has 1 unspecified atom stereocenters. The van der Waals surface area contributed by atoms with Gasteiger partial charge in [-0.1, -0.05) is 13.8 Å². The number of rotatable bonds is 3. The summed E-state index contributed by atoms with van der Waals surface area (Å²) in [4.78, 5) is 14.8. The summed E-state index contributed by atoms with van der Waals surface area (Å²) < 4.78 is 5.59. The maximum atomic E-state index is 12.8. The minimum atomic E-state index is 0.0437. The van der Waals surface area contributed by atoms with E-state index >= 15 is 0 Å². The van der Waals surface area contributed by atoms with Gasteiger partial charge in [-0.15, -0.1) is 0 Å². The second-order valence-corrected chi connectivity index (χ2v) is 9.00. The summed E-state index contributed by atoms with van der Waals surface area (Å²) in [5.74, 6) is 0.564. The molecule has 5 heteroatoms. The molecule has 2 aliphatic rings. The third-order valence-electron chi connectivity index (χ3n) is 4.75. The Hall–Kier alpha value is -0.810. The van der Waals surface area contributed by atoms with Gasteiger partial charge in [0, 0.05) is 23.7 Å². The lowest BCUT2D eigenvalue weighted by Gasteiger charge is -2.47. The van der Waals surface area contributed by atoms with Crippen LogP contribution in [0.3, 0.4) is 0 Å². The highest BCUT2D eigenvalue weighted by molar-refractivity contribution is 5.75. The van der Waals surface area contributed by atoms with Gasteiger partial charge in [0.05, 0.1) is 19.3 Å². The molecule has 5 nitrogen and oxygen atoms in total. The van der Waals surface area contributed by atoms with Gasteiger partial charge in [0.15, 0.2) is 0 Å². The fourth-order valence-electron chi connectivity index (χ4n) is 4.34. The molecule has 2 N–H and O–H groups in total. The second kappa shape index (κ2) is 6.98. The maximum Gasteiger partial charge on any atom is 0.318 e. The van der Waals surface area contributed by atoms with Crippen LogP contribution in [-0.4, -0.2) is 53.9 Å². The van der Waals surface area contributed by atoms with Gasteiger partial charge in [0.1, 0.15) is 0 Å². The van der Waals surface area contributed by atoms with E-state index in [2.05, 4.69) is 52.2 Å². The lowest BCUT2D eigenvalue weighted by Crippen LogP contribution is -2.63. The summed E-state index contributed by atoms with van der Waals surface area (Å²) in [5.41, 5.74) is 0.0874. The molecule has 0 bridgehead atoms. The molecule has 0 aliphatic carbocycles. The highest BCUT2D eigenvalue weighted by Crippen LogP contribution is 2.28. The summed E-state index contributed by atoms with van der Waals surface area (Å²) in [6.07, 6.45) is 2.92. The molecule has 2 amide bonds. The average molecular weight is 325 g/mol. The van der Waals surface area contributed by atoms with Crippen molar-refractivity contribution in [2.24, 2.45) is 5.92 Å². The first-order chi connectivity index (χ1) is 10.6. The number of ether oxygens (including phenoxy) is 1. The Morgan fingerprint density at radius 1 is 1.26 bits per heavy atom. The SMILES string of the molecule is CC(C)CC1COCCN1C(=O)NC1CC(C)(C)NC(C)(C)C1. The van der Waals surface area contributed by atoms with E-state index in [1.807, 2.05) is 4.90 Å². The van der Waals surface area contributed by atoms with Crippen LogP contribution in [0.15, 0.2) is 0 Å². The first kappa shape index (κ1) is 18.5. The average Bonchev–Trinajstić information content (AvgIpc) is 2.34. The zero-order valence-corrected chi connectivity index (χ0v) is 15.7. The van der Waals surface area contributed by atoms with Crippen LogP contribution in [0.2, 0.25) is 0 Å². The zero-order valence-electron chi connectivity index (χ0n) is 15.7. The van der Waals surface area contributed by atoms with Crippen LogP contribution in [0.5, 0.6) is 0 Å². The van der Waals surface area contributed by atoms with Gasteiger partial charge in [0.25, 0.3) is 0 Å². The lowest BCUT2D eigenvalue weighted by molar-refractivity contribution is 0.00397. The van der Waals surface area contributed by atoms with E-state index in [0.717, 1.165) is 19.3 Å². The number of carbonyl (C=O) groups is 1. The van der Waals surface area contributed by atoms with Crippen LogP contribution >= 0.6 is 0 Å². The summed E-state index contributed by atoms with van der Waals surface area (Å²) in [6, 6.07) is 0.500. The molecule has 2 fully saturated rings. The molecule has 0 spiro atoms. The molecular formula is C18H35N3O2. The van der Waals surface area contributed by atoms with Crippen molar-refractivity contribution < 1.29 is 9.53 Å². The Morgan fingerprint density at radius 3 is 2.43 bits per heavy atom. The van der Waals surface area contributed by atoms with Crippen molar-refractivity contribution in [3.63, 3.8) is 0 Å². The fourth-order valence-corrected chi connectivity index (χ4v) is 4.34. The van der Waals surface area contributed by atoms with Crippen molar-refractivity contribution in [1.29, 1.82) is 0 Å². The summed E-state index contributed by atoms with van der Waals surface area (Å²) >= 11 is 0. The fraction of sp³-hybridized carbons (Fsp3) is 0.944. The van der Waals surface area contributed by atoms with Crippen molar-refractivity contribution in [3.8, 4) is 0 Å². The Morgan fingerprint density at radius 2 is 1.87 bits per heavy atom. The van der Waals surface area contributed by atoms with Gasteiger partial charge in [0.2, 0.25) is 0 Å². The number of nitrogens with one attached hydrogen (secondary N) is 2. The molecule has 134 valence electrons. The zero-order chi connectivity index (χ0) is 17.3. The quantitative estimate of drug-likeness (QED) is 0.839. The highest BCUT2D eigenvalue weighted by atomic mass is 16.5. The largest absolute Gasteiger partial charge is 0.377 e. The number of piperidine rings is 1. The number of carbonyl (C=O) groups excluding carboxylic acids is 1. The molecule has 2 rings (SSSR count). The van der Waals surface area contributed by atoms with Crippen LogP contribution in [-0.2, 0) is 4.74 Å². The first-order valence-electron chi connectivity index (χ1n) is 9.02. The van der Waals surface area contributed by atoms with E-state index in [4.69, 9.17) is 4.74 Å². The van der Waals surface area contributed by atoms with Crippen molar-refractivity contribution in [2.75, 3.05) is 19.8 Å². The van der Waals surface area contributed by atoms with Gasteiger partial charge in [-0.05, 0) is 52.9 Å². The predicted octanol–water partition coefficient (Wildman–Crippen LogP) is 2.75. The normalized spacial score (nSPS) is 28.0. The molecule has 0 aromatic heterocycles. The first-order valence-corrected chi connectivity index (χ1v) is 9.02. The minimum Gasteiger partial charge on any atom is -0.377 e. The summed E-state index contributed by atoms with van der Waals surface area (Å²) in [7, 11) is 0. The number of hydrogen-bond acceptors (Lipinski definition) is 3. The Bertz CT molecular complexity index is 404. The number of nitrogens with zero attached hydrogens (tertiary/aromatic N) is 1. The number of amides is 2. The van der Waals surface area contributed by atoms with E-state index in [-0.39, 0.29) is 29.2 Å². The van der Waals surface area contributed by atoms with Crippen LogP contribution in [0.4, 0.5) is 4.79 Å². The Kier molecular flexibility index (Phi) is 5.62. The third kappa shape index (κ3) is 5.35. The Balaban J connectivity index is 1.99. The molecule has 0 aromatic carbocycles. The van der Waals surface area contributed by atoms with Gasteiger partial charge < -0.3 is 20.3 Å². The van der Waals surface area contributed by atoms with Crippen LogP contribution in [0.25, 0.3) is 0 Å². The van der Waals surface area contributed by atoms with Gasteiger partial charge >= 0.3 is 6.03 Å². The monoisotopic (exact) mass is 325 g/mol. The van der Waals surface area contributed by atoms with Gasteiger partial charge in [-0.2, -0.15) is 0 Å². The van der Waals surface area contributed by atoms with E-state index in [9.17, 15) is 4.79 Å². The van der Waals surface area contributed by atoms with Crippen LogP contribution in [0.1, 0.15) is 60.8 Å².